The Labute approximate surface area is 141 Å². The van der Waals surface area contributed by atoms with Gasteiger partial charge in [-0.05, 0) is 43.0 Å². The Bertz CT molecular complexity index is 771. The molecule has 0 saturated carbocycles. The molecular formula is C16H20N4O3S. The van der Waals surface area contributed by atoms with Gasteiger partial charge >= 0.3 is 0 Å². The summed E-state index contributed by atoms with van der Waals surface area (Å²) in [5, 5.41) is 16.8. The van der Waals surface area contributed by atoms with Crippen molar-refractivity contribution in [1.29, 1.82) is 5.26 Å². The second kappa shape index (κ2) is 7.47. The Morgan fingerprint density at radius 1 is 1.33 bits per heavy atom. The number of carbonyl (C=O) groups is 1. The van der Waals surface area contributed by atoms with Crippen LogP contribution < -0.4 is 10.5 Å². The maximum atomic E-state index is 12.2. The Hall–Kier alpha value is -2.37. The predicted molar refractivity (Wildman–Crippen MR) is 90.1 cm³/mol. The lowest BCUT2D eigenvalue weighted by atomic mass is 9.99. The first-order valence-corrected chi connectivity index (χ1v) is 9.14. The maximum absolute atomic E-state index is 12.2. The van der Waals surface area contributed by atoms with Crippen LogP contribution in [0.5, 0.6) is 0 Å². The van der Waals surface area contributed by atoms with E-state index in [0.717, 1.165) is 25.9 Å². The van der Waals surface area contributed by atoms with Crippen LogP contribution in [0.1, 0.15) is 19.8 Å². The molecule has 0 aromatic heterocycles. The summed E-state index contributed by atoms with van der Waals surface area (Å²) in [6.07, 6.45) is 3.65. The van der Waals surface area contributed by atoms with Crippen molar-refractivity contribution in [3.63, 3.8) is 0 Å². The number of nitriles is 1. The predicted octanol–water partition coefficient (Wildman–Crippen LogP) is 1.41. The van der Waals surface area contributed by atoms with Gasteiger partial charge in [0.15, 0.2) is 0 Å². The zero-order valence-corrected chi connectivity index (χ0v) is 14.2. The fourth-order valence-corrected chi connectivity index (χ4v) is 2.92. The number of benzene rings is 1. The van der Waals surface area contributed by atoms with Crippen molar-refractivity contribution < 1.29 is 13.2 Å². The van der Waals surface area contributed by atoms with Gasteiger partial charge in [-0.2, -0.15) is 5.26 Å². The van der Waals surface area contributed by atoms with Crippen LogP contribution >= 0.6 is 0 Å². The molecule has 7 nitrogen and oxygen atoms in total. The summed E-state index contributed by atoms with van der Waals surface area (Å²) in [6, 6.07) is 7.36. The van der Waals surface area contributed by atoms with E-state index in [0.29, 0.717) is 11.6 Å². The average Bonchev–Trinajstić information content (AvgIpc) is 2.54. The molecule has 1 aromatic rings. The highest BCUT2D eigenvalue weighted by molar-refractivity contribution is 7.89. The third-order valence-electron chi connectivity index (χ3n) is 3.94. The number of piperidine rings is 1. The minimum absolute atomic E-state index is 0.0140. The standard InChI is InChI=1S/C16H20N4O3S/c1-12-6-8-20(9-7-12)11-13(10-17)16(21)19-14-2-4-15(5-3-14)24(18,22)23/h2-5,11-12H,6-9H2,1H3,(H,19,21)(H2,18,22,23)/b13-11-. The smallest absolute Gasteiger partial charge is 0.267 e. The second-order valence-corrected chi connectivity index (χ2v) is 7.46. The fraction of sp³-hybridized carbons (Fsp3) is 0.375. The molecule has 0 atom stereocenters. The van der Waals surface area contributed by atoms with Crippen LogP contribution in [0.2, 0.25) is 0 Å². The van der Waals surface area contributed by atoms with E-state index < -0.39 is 15.9 Å². The third kappa shape index (κ3) is 4.81. The normalized spacial score (nSPS) is 16.5. The lowest BCUT2D eigenvalue weighted by Gasteiger charge is -2.29. The largest absolute Gasteiger partial charge is 0.376 e. The van der Waals surface area contributed by atoms with Gasteiger partial charge in [-0.3, -0.25) is 4.79 Å². The lowest BCUT2D eigenvalue weighted by Crippen LogP contribution is -2.29. The number of carbonyl (C=O) groups excluding carboxylic acids is 1. The van der Waals surface area contributed by atoms with E-state index in [9.17, 15) is 18.5 Å². The molecule has 0 radical (unpaired) electrons. The van der Waals surface area contributed by atoms with E-state index in [1.165, 1.54) is 24.3 Å². The number of nitrogens with zero attached hydrogens (tertiary/aromatic N) is 2. The van der Waals surface area contributed by atoms with Gasteiger partial charge in [-0.15, -0.1) is 0 Å². The van der Waals surface area contributed by atoms with Crippen LogP contribution in [-0.2, 0) is 14.8 Å². The Balaban J connectivity index is 2.05. The molecular weight excluding hydrogens is 328 g/mol. The van der Waals surface area contributed by atoms with Crippen LogP contribution in [0.3, 0.4) is 0 Å². The number of nitrogens with two attached hydrogens (primary N) is 1. The molecule has 8 heteroatoms. The molecule has 0 unspecified atom stereocenters. The van der Waals surface area contributed by atoms with Crippen molar-refractivity contribution in [1.82, 2.24) is 4.90 Å². The minimum atomic E-state index is -3.78. The van der Waals surface area contributed by atoms with Gasteiger partial charge in [-0.25, -0.2) is 13.6 Å². The number of nitrogens with one attached hydrogen (secondary N) is 1. The number of hydrogen-bond acceptors (Lipinski definition) is 5. The molecule has 0 bridgehead atoms. The van der Waals surface area contributed by atoms with Crippen molar-refractivity contribution in [3.8, 4) is 6.07 Å². The van der Waals surface area contributed by atoms with Crippen molar-refractivity contribution in [2.45, 2.75) is 24.7 Å². The summed E-state index contributed by atoms with van der Waals surface area (Å²) >= 11 is 0. The Morgan fingerprint density at radius 2 is 1.92 bits per heavy atom. The van der Waals surface area contributed by atoms with E-state index >= 15 is 0 Å². The first kappa shape index (κ1) is 18.0. The summed E-state index contributed by atoms with van der Waals surface area (Å²) < 4.78 is 22.4. The molecule has 3 N–H and O–H groups in total. The van der Waals surface area contributed by atoms with Crippen LogP contribution in [0.25, 0.3) is 0 Å². The van der Waals surface area contributed by atoms with Crippen LogP contribution in [0, 0.1) is 17.2 Å². The molecule has 1 aromatic carbocycles. The summed E-state index contributed by atoms with van der Waals surface area (Å²) in [7, 11) is -3.78. The molecule has 0 aliphatic carbocycles. The highest BCUT2D eigenvalue weighted by Crippen LogP contribution is 2.18. The minimum Gasteiger partial charge on any atom is -0.376 e. The number of rotatable bonds is 4. The molecule has 24 heavy (non-hydrogen) atoms. The summed E-state index contributed by atoms with van der Waals surface area (Å²) in [5.74, 6) is 0.130. The molecule has 1 aliphatic heterocycles. The number of anilines is 1. The van der Waals surface area contributed by atoms with Crippen LogP contribution in [0.4, 0.5) is 5.69 Å². The van der Waals surface area contributed by atoms with Crippen molar-refractivity contribution in [2.24, 2.45) is 11.1 Å². The monoisotopic (exact) mass is 348 g/mol. The van der Waals surface area contributed by atoms with Gasteiger partial charge in [0.05, 0.1) is 4.90 Å². The molecule has 1 aliphatic rings. The number of likely N-dealkylation sites (tertiary alicyclic amines) is 1. The van der Waals surface area contributed by atoms with E-state index in [-0.39, 0.29) is 10.5 Å². The third-order valence-corrected chi connectivity index (χ3v) is 4.86. The van der Waals surface area contributed by atoms with Crippen LogP contribution in [-0.4, -0.2) is 32.3 Å². The fourth-order valence-electron chi connectivity index (χ4n) is 2.40. The SMILES string of the molecule is CC1CCN(/C=C(/C#N)C(=O)Nc2ccc(S(N)(=O)=O)cc2)CC1. The van der Waals surface area contributed by atoms with Gasteiger partial charge in [0.1, 0.15) is 11.6 Å². The van der Waals surface area contributed by atoms with E-state index in [1.807, 2.05) is 11.0 Å². The molecule has 1 fully saturated rings. The number of primary sulfonamides is 1. The Kier molecular flexibility index (Phi) is 5.59. The van der Waals surface area contributed by atoms with Crippen molar-refractivity contribution in [2.75, 3.05) is 18.4 Å². The van der Waals surface area contributed by atoms with E-state index in [1.54, 1.807) is 6.20 Å². The average molecular weight is 348 g/mol. The summed E-state index contributed by atoms with van der Waals surface area (Å²) in [5.41, 5.74) is 0.404. The zero-order valence-electron chi connectivity index (χ0n) is 13.4. The summed E-state index contributed by atoms with van der Waals surface area (Å²) in [6.45, 7) is 3.83. The first-order valence-electron chi connectivity index (χ1n) is 7.60. The van der Waals surface area contributed by atoms with Gasteiger partial charge in [-0.1, -0.05) is 6.92 Å². The number of amides is 1. The van der Waals surface area contributed by atoms with Crippen molar-refractivity contribution in [3.05, 3.63) is 36.0 Å². The molecule has 128 valence electrons. The van der Waals surface area contributed by atoms with E-state index in [4.69, 9.17) is 5.14 Å². The van der Waals surface area contributed by atoms with Gasteiger partial charge < -0.3 is 10.2 Å². The van der Waals surface area contributed by atoms with Gasteiger partial charge in [0.2, 0.25) is 10.0 Å². The van der Waals surface area contributed by atoms with Crippen LogP contribution in [0.15, 0.2) is 40.9 Å². The number of hydrogen-bond donors (Lipinski definition) is 2. The Morgan fingerprint density at radius 3 is 2.42 bits per heavy atom. The molecule has 0 spiro atoms. The lowest BCUT2D eigenvalue weighted by molar-refractivity contribution is -0.112. The zero-order chi connectivity index (χ0) is 17.7. The summed E-state index contributed by atoms with van der Waals surface area (Å²) in [4.78, 5) is 14.1. The topological polar surface area (TPSA) is 116 Å². The molecule has 1 saturated heterocycles. The van der Waals surface area contributed by atoms with Gasteiger partial charge in [0, 0.05) is 25.0 Å². The molecule has 2 rings (SSSR count). The van der Waals surface area contributed by atoms with E-state index in [2.05, 4.69) is 12.2 Å². The quantitative estimate of drug-likeness (QED) is 0.630. The molecule has 1 heterocycles. The maximum Gasteiger partial charge on any atom is 0.267 e. The second-order valence-electron chi connectivity index (χ2n) is 5.90. The van der Waals surface area contributed by atoms with Gasteiger partial charge in [0.25, 0.3) is 5.91 Å². The number of sulfonamides is 1. The van der Waals surface area contributed by atoms with Crippen molar-refractivity contribution >= 4 is 21.6 Å². The molecule has 1 amide bonds. The highest BCUT2D eigenvalue weighted by Gasteiger charge is 2.16. The first-order chi connectivity index (χ1) is 11.3. The highest BCUT2D eigenvalue weighted by atomic mass is 32.2.